The summed E-state index contributed by atoms with van der Waals surface area (Å²) in [5, 5.41) is 0. The van der Waals surface area contributed by atoms with Crippen LogP contribution in [0.5, 0.6) is 0 Å². The second-order valence-corrected chi connectivity index (χ2v) is 13.5. The molecule has 0 rings (SSSR count). The third kappa shape index (κ3) is 16.9. The van der Waals surface area contributed by atoms with Crippen molar-refractivity contribution in [2.75, 3.05) is 6.61 Å². The lowest BCUT2D eigenvalue weighted by Gasteiger charge is -2.03. The number of ether oxygens (including phenoxy) is 1. The van der Waals surface area contributed by atoms with Gasteiger partial charge in [-0.2, -0.15) is 0 Å². The van der Waals surface area contributed by atoms with Gasteiger partial charge in [0.25, 0.3) is 0 Å². The van der Waals surface area contributed by atoms with Crippen molar-refractivity contribution >= 4 is 60.7 Å². The molecule has 0 amide bonds. The Balaban J connectivity index is 3.03. The molecule has 0 heterocycles. The molecule has 0 unspecified atom stereocenters. The first kappa shape index (κ1) is 20.9. The van der Waals surface area contributed by atoms with Crippen molar-refractivity contribution in [1.29, 1.82) is 0 Å². The first-order valence-corrected chi connectivity index (χ1v) is 11.2. The molecule has 116 valence electrons. The molecule has 2 nitrogen and oxygen atoms in total. The zero-order valence-corrected chi connectivity index (χ0v) is 17.5. The summed E-state index contributed by atoms with van der Waals surface area (Å²) in [5.74, 6) is -0.304. The van der Waals surface area contributed by atoms with Gasteiger partial charge in [0.05, 0.1) is 17.7 Å². The van der Waals surface area contributed by atoms with E-state index in [1.54, 1.807) is 0 Å². The monoisotopic (exact) mass is 520 g/mol. The van der Waals surface area contributed by atoms with Gasteiger partial charge < -0.3 is 4.74 Å². The van der Waals surface area contributed by atoms with Crippen LogP contribution in [0.2, 0.25) is 6.04 Å². The summed E-state index contributed by atoms with van der Waals surface area (Å²) in [6.07, 6.45) is 12.9. The Morgan fingerprint density at radius 2 is 1.50 bits per heavy atom. The van der Waals surface area contributed by atoms with Crippen LogP contribution in [0.3, 0.4) is 0 Å². The predicted molar refractivity (Wildman–Crippen MR) is 105 cm³/mol. The highest BCUT2D eigenvalue weighted by molar-refractivity contribution is 14.2. The van der Waals surface area contributed by atoms with E-state index < -0.39 is 0 Å². The van der Waals surface area contributed by atoms with Gasteiger partial charge in [-0.25, -0.2) is 4.79 Å². The fourth-order valence-electron chi connectivity index (χ4n) is 1.91. The van der Waals surface area contributed by atoms with E-state index in [0.717, 1.165) is 23.9 Å². The van der Waals surface area contributed by atoms with Crippen molar-refractivity contribution in [2.24, 2.45) is 0 Å². The Kier molecular flexibility index (Phi) is 17.0. The number of unbranched alkanes of at least 4 members (excludes halogenated alkanes) is 8. The van der Waals surface area contributed by atoms with Gasteiger partial charge in [-0.3, -0.25) is 0 Å². The van der Waals surface area contributed by atoms with Gasteiger partial charge in [-0.05, 0) is 6.42 Å². The molecule has 0 saturated carbocycles. The molecule has 5 heteroatoms. The molecule has 0 atom stereocenters. The Labute approximate surface area is 154 Å². The minimum absolute atomic E-state index is 0.304. The molecular weight excluding hydrogens is 494 g/mol. The van der Waals surface area contributed by atoms with Gasteiger partial charge in [0.1, 0.15) is 0 Å². The van der Waals surface area contributed by atoms with Gasteiger partial charge >= 0.3 is 5.97 Å². The topological polar surface area (TPSA) is 26.3 Å². The molecule has 0 bridgehead atoms. The van der Waals surface area contributed by atoms with Crippen molar-refractivity contribution in [3.63, 3.8) is 0 Å². The molecule has 0 spiro atoms. The molecule has 0 aromatic rings. The van der Waals surface area contributed by atoms with E-state index in [2.05, 4.69) is 51.8 Å². The number of hydrogen-bond donors (Lipinski definition) is 0. The van der Waals surface area contributed by atoms with Gasteiger partial charge in [0, 0.05) is 6.08 Å². The van der Waals surface area contributed by atoms with Gasteiger partial charge in [-0.1, -0.05) is 109 Å². The summed E-state index contributed by atoms with van der Waals surface area (Å²) in [4.78, 5) is 10.8. The van der Waals surface area contributed by atoms with Gasteiger partial charge in [0.2, 0.25) is 0 Å². The summed E-state index contributed by atoms with van der Waals surface area (Å²) in [6, 6.07) is 1.42. The van der Waals surface area contributed by atoms with Crippen LogP contribution < -0.4 is 0 Å². The van der Waals surface area contributed by atoms with E-state index in [0.29, 0.717) is 6.61 Å². The Bertz CT molecular complexity index is 248. The standard InChI is InChI=1S/C15H26I2O2Si/c1-2-14(18)19-12-10-8-6-4-3-5-7-9-11-13-20-15(16)17/h2,15H,1,3-13H2. The predicted octanol–water partition coefficient (Wildman–Crippen LogP) is 5.50. The number of carbonyl (C=O) groups is 1. The first-order chi connectivity index (χ1) is 9.66. The van der Waals surface area contributed by atoms with Crippen LogP contribution in [0.4, 0.5) is 0 Å². The highest BCUT2D eigenvalue weighted by atomic mass is 127. The van der Waals surface area contributed by atoms with Crippen LogP contribution in [-0.2, 0) is 9.53 Å². The lowest BCUT2D eigenvalue weighted by atomic mass is 10.1. The van der Waals surface area contributed by atoms with E-state index in [1.807, 2.05) is 0 Å². The van der Waals surface area contributed by atoms with Crippen LogP contribution in [-0.4, -0.2) is 23.7 Å². The SMILES string of the molecule is C=CC(=O)OCCCCCCCCCCC[Si]C(I)I. The smallest absolute Gasteiger partial charge is 0.330 e. The second kappa shape index (κ2) is 16.3. The maximum Gasteiger partial charge on any atom is 0.330 e. The minimum atomic E-state index is -0.304. The van der Waals surface area contributed by atoms with Gasteiger partial charge in [0.15, 0.2) is 0 Å². The quantitative estimate of drug-likeness (QED) is 0.0756. The van der Waals surface area contributed by atoms with Crippen LogP contribution in [0.1, 0.15) is 57.8 Å². The largest absolute Gasteiger partial charge is 0.463 e. The third-order valence-corrected chi connectivity index (χ3v) is 6.62. The van der Waals surface area contributed by atoms with Crippen LogP contribution in [0.25, 0.3) is 0 Å². The van der Waals surface area contributed by atoms with Crippen molar-refractivity contribution in [2.45, 2.75) is 65.4 Å². The lowest BCUT2D eigenvalue weighted by molar-refractivity contribution is -0.137. The third-order valence-electron chi connectivity index (χ3n) is 3.03. The minimum Gasteiger partial charge on any atom is -0.463 e. The van der Waals surface area contributed by atoms with E-state index in [1.165, 1.54) is 57.1 Å². The van der Waals surface area contributed by atoms with Crippen molar-refractivity contribution in [3.8, 4) is 0 Å². The van der Waals surface area contributed by atoms with Gasteiger partial charge in [-0.15, -0.1) is 0 Å². The maximum absolute atomic E-state index is 10.8. The van der Waals surface area contributed by atoms with E-state index >= 15 is 0 Å². The molecule has 0 aromatic heterocycles. The normalized spacial score (nSPS) is 10.8. The molecule has 0 aliphatic heterocycles. The Morgan fingerprint density at radius 1 is 1.00 bits per heavy atom. The molecule has 0 aliphatic carbocycles. The van der Waals surface area contributed by atoms with Crippen molar-refractivity contribution in [1.82, 2.24) is 0 Å². The first-order valence-electron chi connectivity index (χ1n) is 7.47. The van der Waals surface area contributed by atoms with Crippen molar-refractivity contribution in [3.05, 3.63) is 12.7 Å². The highest BCUT2D eigenvalue weighted by Crippen LogP contribution is 2.13. The summed E-state index contributed by atoms with van der Waals surface area (Å²) in [7, 11) is 1.13. The summed E-state index contributed by atoms with van der Waals surface area (Å²) >= 11 is 5.02. The molecule has 0 saturated heterocycles. The molecule has 2 radical (unpaired) electrons. The Morgan fingerprint density at radius 3 is 2.00 bits per heavy atom. The molecule has 0 aromatic carbocycles. The molecule has 0 fully saturated rings. The fourth-order valence-corrected chi connectivity index (χ4v) is 4.45. The van der Waals surface area contributed by atoms with E-state index in [9.17, 15) is 4.79 Å². The van der Waals surface area contributed by atoms with Crippen LogP contribution >= 0.6 is 45.2 Å². The van der Waals surface area contributed by atoms with Crippen LogP contribution in [0, 0.1) is 0 Å². The maximum atomic E-state index is 10.8. The molecule has 0 N–H and O–H groups in total. The number of alkyl halides is 2. The highest BCUT2D eigenvalue weighted by Gasteiger charge is 1.99. The number of hydrogen-bond acceptors (Lipinski definition) is 2. The molecule has 20 heavy (non-hydrogen) atoms. The average Bonchev–Trinajstić information content (AvgIpc) is 2.43. The number of carbonyl (C=O) groups excluding carboxylic acids is 1. The molecular formula is C15H26I2O2Si. The van der Waals surface area contributed by atoms with Crippen molar-refractivity contribution < 1.29 is 9.53 Å². The summed E-state index contributed by atoms with van der Waals surface area (Å²) < 4.78 is 5.76. The molecule has 0 aliphatic rings. The fraction of sp³-hybridized carbons (Fsp3) is 0.800. The number of rotatable bonds is 14. The zero-order chi connectivity index (χ0) is 15.1. The lowest BCUT2D eigenvalue weighted by Crippen LogP contribution is -2.01. The Hall–Kier alpha value is 0.887. The number of esters is 1. The average molecular weight is 520 g/mol. The summed E-state index contributed by atoms with van der Waals surface area (Å²) in [5.41, 5.74) is 0. The van der Waals surface area contributed by atoms with E-state index in [-0.39, 0.29) is 5.97 Å². The second-order valence-electron chi connectivity index (χ2n) is 4.81. The van der Waals surface area contributed by atoms with E-state index in [4.69, 9.17) is 4.74 Å². The zero-order valence-electron chi connectivity index (χ0n) is 12.2. The summed E-state index contributed by atoms with van der Waals surface area (Å²) in [6.45, 7) is 3.91. The van der Waals surface area contributed by atoms with Crippen LogP contribution in [0.15, 0.2) is 12.7 Å². The number of halogens is 2.